The fourth-order valence-corrected chi connectivity index (χ4v) is 3.08. The summed E-state index contributed by atoms with van der Waals surface area (Å²) in [6.45, 7) is 0. The minimum atomic E-state index is 1.10. The van der Waals surface area contributed by atoms with Gasteiger partial charge in [0.2, 0.25) is 0 Å². The van der Waals surface area contributed by atoms with Crippen molar-refractivity contribution in [3.05, 3.63) is 0 Å². The second-order valence-electron chi connectivity index (χ2n) is 2.92. The Bertz CT molecular complexity index is 78.4. The number of thioether (sulfide) groups is 1. The molecular formula is C7H12S. The number of fused-ring (bicyclic) bond motifs is 1. The van der Waals surface area contributed by atoms with Crippen molar-refractivity contribution in [3.8, 4) is 0 Å². The van der Waals surface area contributed by atoms with Gasteiger partial charge in [-0.05, 0) is 24.5 Å². The summed E-state index contributed by atoms with van der Waals surface area (Å²) < 4.78 is 0. The summed E-state index contributed by atoms with van der Waals surface area (Å²) in [6.07, 6.45) is 6.09. The molecule has 2 aliphatic rings. The average Bonchev–Trinajstić information content (AvgIpc) is 1.72. The van der Waals surface area contributed by atoms with E-state index in [2.05, 4.69) is 11.8 Å². The monoisotopic (exact) mass is 128 g/mol. The highest BCUT2D eigenvalue weighted by Gasteiger charge is 2.32. The van der Waals surface area contributed by atoms with Gasteiger partial charge in [-0.25, -0.2) is 0 Å². The first-order valence-electron chi connectivity index (χ1n) is 3.58. The van der Waals surface area contributed by atoms with Gasteiger partial charge in [0.25, 0.3) is 0 Å². The first kappa shape index (κ1) is 5.16. The normalized spacial score (nSPS) is 45.0. The summed E-state index contributed by atoms with van der Waals surface area (Å²) in [5.41, 5.74) is 0. The van der Waals surface area contributed by atoms with Crippen LogP contribution in [0.3, 0.4) is 0 Å². The fraction of sp³-hybridized carbons (Fsp3) is 1.00. The molecule has 1 heteroatoms. The number of hydrogen-bond donors (Lipinski definition) is 0. The van der Waals surface area contributed by atoms with Crippen LogP contribution in [-0.4, -0.2) is 11.0 Å². The lowest BCUT2D eigenvalue weighted by atomic mass is 9.89. The lowest BCUT2D eigenvalue weighted by molar-refractivity contribution is 0.379. The summed E-state index contributed by atoms with van der Waals surface area (Å²) in [5.74, 6) is 2.62. The van der Waals surface area contributed by atoms with Crippen molar-refractivity contribution in [3.63, 3.8) is 0 Å². The fourth-order valence-electron chi connectivity index (χ4n) is 1.71. The Kier molecular flexibility index (Phi) is 1.25. The SMILES string of the molecule is C1CCC2SCC2C1. The highest BCUT2D eigenvalue weighted by atomic mass is 32.2. The molecule has 0 nitrogen and oxygen atoms in total. The lowest BCUT2D eigenvalue weighted by Crippen LogP contribution is -2.33. The largest absolute Gasteiger partial charge is 0.158 e. The molecule has 2 rings (SSSR count). The quantitative estimate of drug-likeness (QED) is 0.482. The zero-order chi connectivity index (χ0) is 5.40. The number of rotatable bonds is 0. The molecule has 1 saturated heterocycles. The van der Waals surface area contributed by atoms with Gasteiger partial charge >= 0.3 is 0 Å². The van der Waals surface area contributed by atoms with Crippen LogP contribution in [0, 0.1) is 5.92 Å². The zero-order valence-electron chi connectivity index (χ0n) is 5.10. The van der Waals surface area contributed by atoms with E-state index in [4.69, 9.17) is 0 Å². The van der Waals surface area contributed by atoms with Gasteiger partial charge in [-0.3, -0.25) is 0 Å². The molecule has 0 aromatic heterocycles. The van der Waals surface area contributed by atoms with E-state index in [1.807, 2.05) is 0 Å². The molecule has 2 atom stereocenters. The van der Waals surface area contributed by atoms with Gasteiger partial charge in [-0.15, -0.1) is 0 Å². The van der Waals surface area contributed by atoms with E-state index in [0.717, 1.165) is 11.2 Å². The van der Waals surface area contributed by atoms with E-state index in [1.165, 1.54) is 31.4 Å². The molecule has 0 bridgehead atoms. The van der Waals surface area contributed by atoms with Crippen molar-refractivity contribution >= 4 is 11.8 Å². The van der Waals surface area contributed by atoms with E-state index < -0.39 is 0 Å². The van der Waals surface area contributed by atoms with E-state index >= 15 is 0 Å². The van der Waals surface area contributed by atoms with E-state index in [-0.39, 0.29) is 0 Å². The van der Waals surface area contributed by atoms with Gasteiger partial charge in [0.1, 0.15) is 0 Å². The zero-order valence-corrected chi connectivity index (χ0v) is 5.91. The van der Waals surface area contributed by atoms with Crippen LogP contribution in [-0.2, 0) is 0 Å². The molecule has 46 valence electrons. The van der Waals surface area contributed by atoms with Gasteiger partial charge in [-0.1, -0.05) is 12.8 Å². The first-order chi connectivity index (χ1) is 3.97. The first-order valence-corrected chi connectivity index (χ1v) is 4.63. The summed E-state index contributed by atoms with van der Waals surface area (Å²) in [4.78, 5) is 0. The molecule has 2 unspecified atom stereocenters. The standard InChI is InChI=1S/C7H12S/c1-2-4-7-6(3-1)5-8-7/h6-7H,1-5H2. The third-order valence-corrected chi connectivity index (χ3v) is 4.03. The highest BCUT2D eigenvalue weighted by molar-refractivity contribution is 8.01. The molecule has 1 aliphatic heterocycles. The third-order valence-electron chi connectivity index (χ3n) is 2.36. The predicted molar refractivity (Wildman–Crippen MR) is 38.2 cm³/mol. The number of hydrogen-bond acceptors (Lipinski definition) is 1. The molecule has 2 fully saturated rings. The summed E-state index contributed by atoms with van der Waals surface area (Å²) in [7, 11) is 0. The summed E-state index contributed by atoms with van der Waals surface area (Å²) >= 11 is 2.19. The molecule has 0 radical (unpaired) electrons. The predicted octanol–water partition coefficient (Wildman–Crippen LogP) is 2.29. The molecule has 1 heterocycles. The van der Waals surface area contributed by atoms with Gasteiger partial charge in [0.05, 0.1) is 0 Å². The maximum atomic E-state index is 2.19. The molecule has 0 aromatic rings. The second kappa shape index (κ2) is 1.94. The van der Waals surface area contributed by atoms with Crippen LogP contribution in [0.2, 0.25) is 0 Å². The third kappa shape index (κ3) is 0.680. The maximum Gasteiger partial charge on any atom is 0.00833 e. The van der Waals surface area contributed by atoms with Crippen molar-refractivity contribution in [1.29, 1.82) is 0 Å². The maximum absolute atomic E-state index is 2.19. The molecule has 1 saturated carbocycles. The second-order valence-corrected chi connectivity index (χ2v) is 4.19. The van der Waals surface area contributed by atoms with Crippen molar-refractivity contribution in [1.82, 2.24) is 0 Å². The van der Waals surface area contributed by atoms with E-state index in [1.54, 1.807) is 0 Å². The van der Waals surface area contributed by atoms with Crippen LogP contribution >= 0.6 is 11.8 Å². The Morgan fingerprint density at radius 1 is 1.12 bits per heavy atom. The lowest BCUT2D eigenvalue weighted by Gasteiger charge is -2.39. The van der Waals surface area contributed by atoms with E-state index in [0.29, 0.717) is 0 Å². The van der Waals surface area contributed by atoms with Crippen LogP contribution in [0.25, 0.3) is 0 Å². The Morgan fingerprint density at radius 2 is 2.00 bits per heavy atom. The highest BCUT2D eigenvalue weighted by Crippen LogP contribution is 2.43. The van der Waals surface area contributed by atoms with Crippen molar-refractivity contribution in [2.75, 3.05) is 5.75 Å². The molecule has 1 aliphatic carbocycles. The van der Waals surface area contributed by atoms with Gasteiger partial charge in [-0.2, -0.15) is 11.8 Å². The minimum Gasteiger partial charge on any atom is -0.158 e. The van der Waals surface area contributed by atoms with Crippen LogP contribution in [0.1, 0.15) is 25.7 Å². The Morgan fingerprint density at radius 3 is 2.38 bits per heavy atom. The average molecular weight is 128 g/mol. The van der Waals surface area contributed by atoms with Crippen LogP contribution < -0.4 is 0 Å². The minimum absolute atomic E-state index is 1.10. The van der Waals surface area contributed by atoms with E-state index in [9.17, 15) is 0 Å². The van der Waals surface area contributed by atoms with Crippen LogP contribution in [0.15, 0.2) is 0 Å². The van der Waals surface area contributed by atoms with Gasteiger partial charge in [0.15, 0.2) is 0 Å². The van der Waals surface area contributed by atoms with Crippen molar-refractivity contribution < 1.29 is 0 Å². The van der Waals surface area contributed by atoms with Gasteiger partial charge < -0.3 is 0 Å². The van der Waals surface area contributed by atoms with Crippen molar-refractivity contribution in [2.24, 2.45) is 5.92 Å². The van der Waals surface area contributed by atoms with Gasteiger partial charge in [0, 0.05) is 5.25 Å². The Hall–Kier alpha value is 0.350. The molecule has 0 amide bonds. The Balaban J connectivity index is 1.92. The smallest absolute Gasteiger partial charge is 0.00833 e. The summed E-state index contributed by atoms with van der Waals surface area (Å²) in [6, 6.07) is 0. The summed E-state index contributed by atoms with van der Waals surface area (Å²) in [5, 5.41) is 1.10. The molecule has 0 spiro atoms. The van der Waals surface area contributed by atoms with Crippen LogP contribution in [0.4, 0.5) is 0 Å². The Labute approximate surface area is 55.0 Å². The molecular weight excluding hydrogens is 116 g/mol. The molecule has 0 N–H and O–H groups in total. The molecule has 8 heavy (non-hydrogen) atoms. The molecule has 0 aromatic carbocycles. The van der Waals surface area contributed by atoms with Crippen molar-refractivity contribution in [2.45, 2.75) is 30.9 Å². The topological polar surface area (TPSA) is 0 Å². The van der Waals surface area contributed by atoms with Crippen LogP contribution in [0.5, 0.6) is 0 Å².